The minimum Gasteiger partial charge on any atom is -0.481 e. The number of aliphatic carboxylic acids is 1. The van der Waals surface area contributed by atoms with Crippen LogP contribution in [0, 0.1) is 5.92 Å². The maximum absolute atomic E-state index is 10.4. The van der Waals surface area contributed by atoms with Crippen molar-refractivity contribution in [1.29, 1.82) is 0 Å². The number of unbranched alkanes of at least 4 members (excludes halogenated alkanes) is 2. The average molecular weight is 184 g/mol. The summed E-state index contributed by atoms with van der Waals surface area (Å²) < 4.78 is 0. The molecule has 76 valence electrons. The third-order valence-corrected chi connectivity index (χ3v) is 2.08. The first-order valence-electron chi connectivity index (χ1n) is 5.06. The van der Waals surface area contributed by atoms with Crippen molar-refractivity contribution in [3.05, 3.63) is 12.2 Å². The van der Waals surface area contributed by atoms with E-state index in [0.717, 1.165) is 19.3 Å². The Hall–Kier alpha value is -0.790. The second-order valence-corrected chi connectivity index (χ2v) is 3.43. The van der Waals surface area contributed by atoms with Gasteiger partial charge < -0.3 is 5.11 Å². The first-order chi connectivity index (χ1) is 6.18. The van der Waals surface area contributed by atoms with Crippen LogP contribution in [-0.2, 0) is 4.79 Å². The molecule has 0 radical (unpaired) electrons. The molecule has 0 saturated heterocycles. The van der Waals surface area contributed by atoms with Crippen LogP contribution >= 0.6 is 0 Å². The number of carbonyl (C=O) groups is 1. The second-order valence-electron chi connectivity index (χ2n) is 3.43. The maximum Gasteiger partial charge on any atom is 0.306 e. The van der Waals surface area contributed by atoms with E-state index >= 15 is 0 Å². The molecule has 0 aliphatic heterocycles. The van der Waals surface area contributed by atoms with Crippen molar-refractivity contribution in [2.24, 2.45) is 5.92 Å². The molecule has 0 aliphatic carbocycles. The van der Waals surface area contributed by atoms with Gasteiger partial charge in [-0.3, -0.25) is 4.79 Å². The number of allylic oxidation sites excluding steroid dienone is 2. The fourth-order valence-electron chi connectivity index (χ4n) is 1.03. The molecule has 0 fully saturated rings. The van der Waals surface area contributed by atoms with E-state index in [1.807, 2.05) is 0 Å². The molecule has 0 aromatic carbocycles. The van der Waals surface area contributed by atoms with Crippen LogP contribution in [0.25, 0.3) is 0 Å². The summed E-state index contributed by atoms with van der Waals surface area (Å²) in [6, 6.07) is 0. The Kier molecular flexibility index (Phi) is 7.36. The number of rotatable bonds is 7. The lowest BCUT2D eigenvalue weighted by atomic mass is 10.1. The van der Waals surface area contributed by atoms with E-state index in [4.69, 9.17) is 5.11 Å². The number of carboxylic acid groups (broad SMARTS) is 1. The van der Waals surface area contributed by atoms with Crippen LogP contribution in [0.3, 0.4) is 0 Å². The summed E-state index contributed by atoms with van der Waals surface area (Å²) in [6.07, 6.45) is 9.45. The average Bonchev–Trinajstić information content (AvgIpc) is 2.10. The summed E-state index contributed by atoms with van der Waals surface area (Å²) in [7, 11) is 0. The van der Waals surface area contributed by atoms with Gasteiger partial charge in [-0.05, 0) is 19.3 Å². The summed E-state index contributed by atoms with van der Waals surface area (Å²) in [5, 5.41) is 8.60. The summed E-state index contributed by atoms with van der Waals surface area (Å²) in [5.41, 5.74) is 0. The zero-order chi connectivity index (χ0) is 10.1. The number of hydrogen-bond donors (Lipinski definition) is 1. The quantitative estimate of drug-likeness (QED) is 0.487. The molecular weight excluding hydrogens is 164 g/mol. The van der Waals surface area contributed by atoms with Crippen LogP contribution in [0.4, 0.5) is 0 Å². The molecule has 2 heteroatoms. The van der Waals surface area contributed by atoms with Crippen molar-refractivity contribution in [3.63, 3.8) is 0 Å². The van der Waals surface area contributed by atoms with Gasteiger partial charge in [0.25, 0.3) is 0 Å². The molecule has 1 N–H and O–H groups in total. The number of hydrogen-bond acceptors (Lipinski definition) is 1. The first-order valence-corrected chi connectivity index (χ1v) is 5.06. The predicted octanol–water partition coefficient (Wildman–Crippen LogP) is 3.23. The predicted molar refractivity (Wildman–Crippen MR) is 54.7 cm³/mol. The summed E-state index contributed by atoms with van der Waals surface area (Å²) in [6.45, 7) is 3.92. The highest BCUT2D eigenvalue weighted by Crippen LogP contribution is 2.06. The van der Waals surface area contributed by atoms with Gasteiger partial charge in [0.15, 0.2) is 0 Å². The Morgan fingerprint density at radius 1 is 1.38 bits per heavy atom. The lowest BCUT2D eigenvalue weighted by molar-refractivity contribution is -0.141. The van der Waals surface area contributed by atoms with Crippen molar-refractivity contribution in [2.75, 3.05) is 0 Å². The van der Waals surface area contributed by atoms with Crippen LogP contribution in [0.5, 0.6) is 0 Å². The van der Waals surface area contributed by atoms with Crippen LogP contribution in [0.1, 0.15) is 46.0 Å². The largest absolute Gasteiger partial charge is 0.481 e. The van der Waals surface area contributed by atoms with E-state index in [-0.39, 0.29) is 5.92 Å². The molecule has 0 bridgehead atoms. The molecule has 0 amide bonds. The summed E-state index contributed by atoms with van der Waals surface area (Å²) in [5.74, 6) is -0.905. The van der Waals surface area contributed by atoms with Crippen LogP contribution in [0.2, 0.25) is 0 Å². The van der Waals surface area contributed by atoms with Crippen molar-refractivity contribution in [1.82, 2.24) is 0 Å². The van der Waals surface area contributed by atoms with Gasteiger partial charge >= 0.3 is 5.97 Å². The fraction of sp³-hybridized carbons (Fsp3) is 0.727. The molecule has 0 aromatic rings. The third-order valence-electron chi connectivity index (χ3n) is 2.08. The highest BCUT2D eigenvalue weighted by atomic mass is 16.4. The molecule has 1 unspecified atom stereocenters. The summed E-state index contributed by atoms with van der Waals surface area (Å²) in [4.78, 5) is 10.4. The lowest BCUT2D eigenvalue weighted by Crippen LogP contribution is -2.08. The molecule has 2 nitrogen and oxygen atoms in total. The highest BCUT2D eigenvalue weighted by Gasteiger charge is 2.08. The Balaban J connectivity index is 3.33. The Morgan fingerprint density at radius 3 is 2.54 bits per heavy atom. The van der Waals surface area contributed by atoms with E-state index in [0.29, 0.717) is 0 Å². The van der Waals surface area contributed by atoms with Gasteiger partial charge in [0, 0.05) is 0 Å². The topological polar surface area (TPSA) is 37.3 Å². The van der Waals surface area contributed by atoms with E-state index < -0.39 is 5.97 Å². The minimum absolute atomic E-state index is 0.212. The van der Waals surface area contributed by atoms with Gasteiger partial charge in [-0.1, -0.05) is 38.8 Å². The van der Waals surface area contributed by atoms with Crippen molar-refractivity contribution in [2.45, 2.75) is 46.0 Å². The van der Waals surface area contributed by atoms with E-state index in [1.165, 1.54) is 12.8 Å². The highest BCUT2D eigenvalue weighted by molar-refractivity contribution is 5.69. The van der Waals surface area contributed by atoms with E-state index in [1.54, 1.807) is 6.92 Å². The monoisotopic (exact) mass is 184 g/mol. The zero-order valence-corrected chi connectivity index (χ0v) is 8.62. The van der Waals surface area contributed by atoms with Gasteiger partial charge in [-0.2, -0.15) is 0 Å². The summed E-state index contributed by atoms with van der Waals surface area (Å²) >= 11 is 0. The van der Waals surface area contributed by atoms with Gasteiger partial charge in [-0.15, -0.1) is 0 Å². The zero-order valence-electron chi connectivity index (χ0n) is 8.62. The SMILES string of the molecule is CCCCC=CCCC(C)C(=O)O. The molecule has 0 heterocycles. The standard InChI is InChI=1S/C11H20O2/c1-3-4-5-6-7-8-9-10(2)11(12)13/h6-7,10H,3-5,8-9H2,1-2H3,(H,12,13). The minimum atomic E-state index is -0.693. The smallest absolute Gasteiger partial charge is 0.306 e. The van der Waals surface area contributed by atoms with Gasteiger partial charge in [0.1, 0.15) is 0 Å². The normalized spacial score (nSPS) is 13.4. The van der Waals surface area contributed by atoms with E-state index in [2.05, 4.69) is 19.1 Å². The molecule has 0 saturated carbocycles. The molecule has 1 atom stereocenters. The van der Waals surface area contributed by atoms with Gasteiger partial charge in [0.2, 0.25) is 0 Å². The molecule has 0 rings (SSSR count). The second kappa shape index (κ2) is 7.84. The Labute approximate surface area is 80.7 Å². The fourth-order valence-corrected chi connectivity index (χ4v) is 1.03. The van der Waals surface area contributed by atoms with E-state index in [9.17, 15) is 4.79 Å². The third kappa shape index (κ3) is 7.57. The van der Waals surface area contributed by atoms with Gasteiger partial charge in [0.05, 0.1) is 5.92 Å². The Morgan fingerprint density at radius 2 is 2.00 bits per heavy atom. The van der Waals surface area contributed by atoms with Crippen molar-refractivity contribution < 1.29 is 9.90 Å². The molecular formula is C11H20O2. The Bertz CT molecular complexity index is 161. The molecule has 0 aliphatic rings. The van der Waals surface area contributed by atoms with Crippen LogP contribution in [0.15, 0.2) is 12.2 Å². The van der Waals surface area contributed by atoms with Crippen LogP contribution in [-0.4, -0.2) is 11.1 Å². The molecule has 0 aromatic heterocycles. The molecule has 0 spiro atoms. The number of carboxylic acids is 1. The van der Waals surface area contributed by atoms with Gasteiger partial charge in [-0.25, -0.2) is 0 Å². The van der Waals surface area contributed by atoms with Crippen molar-refractivity contribution in [3.8, 4) is 0 Å². The molecule has 13 heavy (non-hydrogen) atoms. The lowest BCUT2D eigenvalue weighted by Gasteiger charge is -2.01. The maximum atomic E-state index is 10.4. The first kappa shape index (κ1) is 12.2. The van der Waals surface area contributed by atoms with Crippen LogP contribution < -0.4 is 0 Å². The van der Waals surface area contributed by atoms with Crippen molar-refractivity contribution >= 4 is 5.97 Å².